The lowest BCUT2D eigenvalue weighted by Crippen LogP contribution is -2.31. The Kier molecular flexibility index (Phi) is 5.34. The fourth-order valence-electron chi connectivity index (χ4n) is 2.02. The zero-order valence-corrected chi connectivity index (χ0v) is 11.8. The molecule has 1 aromatic rings. The normalized spacial score (nSPS) is 14.2. The quantitative estimate of drug-likeness (QED) is 0.641. The molecule has 0 bridgehead atoms. The van der Waals surface area contributed by atoms with E-state index in [2.05, 4.69) is 0 Å². The first kappa shape index (κ1) is 17.7. The lowest BCUT2D eigenvalue weighted by atomic mass is 9.89. The van der Waals surface area contributed by atoms with E-state index in [1.54, 1.807) is 0 Å². The van der Waals surface area contributed by atoms with E-state index >= 15 is 0 Å². The maximum atomic E-state index is 12.7. The van der Waals surface area contributed by atoms with Crippen molar-refractivity contribution in [2.45, 2.75) is 25.4 Å². The number of nitrogens with zero attached hydrogens (tertiary/aromatic N) is 1. The number of benzene rings is 1. The number of ether oxygens (including phenoxy) is 1. The van der Waals surface area contributed by atoms with Crippen molar-refractivity contribution in [2.75, 3.05) is 7.11 Å². The van der Waals surface area contributed by atoms with Crippen molar-refractivity contribution < 1.29 is 32.7 Å². The molecule has 0 saturated carbocycles. The Hall–Kier alpha value is -2.32. The molecule has 0 aromatic heterocycles. The third kappa shape index (κ3) is 4.09. The van der Waals surface area contributed by atoms with E-state index < -0.39 is 35.3 Å². The second-order valence-corrected chi connectivity index (χ2v) is 4.76. The minimum Gasteiger partial charge on any atom is -0.490 e. The predicted octanol–water partition coefficient (Wildman–Crippen LogP) is 3.36. The van der Waals surface area contributed by atoms with Crippen molar-refractivity contribution in [2.24, 2.45) is 5.92 Å². The molecule has 0 saturated heterocycles. The molecule has 1 N–H and O–H groups in total. The van der Waals surface area contributed by atoms with Crippen LogP contribution in [0, 0.1) is 16.0 Å². The van der Waals surface area contributed by atoms with Crippen molar-refractivity contribution in [3.05, 3.63) is 33.9 Å². The summed E-state index contributed by atoms with van der Waals surface area (Å²) in [4.78, 5) is 20.9. The van der Waals surface area contributed by atoms with Gasteiger partial charge in [0.2, 0.25) is 0 Å². The van der Waals surface area contributed by atoms with Gasteiger partial charge in [0.15, 0.2) is 11.7 Å². The zero-order valence-electron chi connectivity index (χ0n) is 11.8. The number of nitro groups is 1. The molecule has 2 unspecified atom stereocenters. The molecule has 0 aliphatic heterocycles. The van der Waals surface area contributed by atoms with Gasteiger partial charge >= 0.3 is 17.8 Å². The van der Waals surface area contributed by atoms with E-state index in [9.17, 15) is 28.1 Å². The molecular formula is C13H14F3NO5. The van der Waals surface area contributed by atoms with Gasteiger partial charge < -0.3 is 9.84 Å². The van der Waals surface area contributed by atoms with Gasteiger partial charge in [-0.1, -0.05) is 13.0 Å². The Labute approximate surface area is 123 Å². The van der Waals surface area contributed by atoms with Crippen LogP contribution in [0.4, 0.5) is 18.9 Å². The molecule has 22 heavy (non-hydrogen) atoms. The largest absolute Gasteiger partial charge is 0.490 e. The van der Waals surface area contributed by atoms with Crippen LogP contribution in [0.3, 0.4) is 0 Å². The van der Waals surface area contributed by atoms with Gasteiger partial charge in [0.1, 0.15) is 0 Å². The summed E-state index contributed by atoms with van der Waals surface area (Å²) in [7, 11) is 1.23. The van der Waals surface area contributed by atoms with Gasteiger partial charge in [-0.15, -0.1) is 0 Å². The number of carbonyl (C=O) groups is 1. The molecule has 1 rings (SSSR count). The second-order valence-electron chi connectivity index (χ2n) is 4.76. The third-order valence-corrected chi connectivity index (χ3v) is 3.25. The zero-order chi connectivity index (χ0) is 17.1. The summed E-state index contributed by atoms with van der Waals surface area (Å²) in [5.41, 5.74) is -0.145. The average molecular weight is 321 g/mol. The van der Waals surface area contributed by atoms with E-state index in [4.69, 9.17) is 9.84 Å². The number of halogens is 3. The van der Waals surface area contributed by atoms with E-state index in [1.165, 1.54) is 26.2 Å². The minimum absolute atomic E-state index is 0.0217. The summed E-state index contributed by atoms with van der Waals surface area (Å²) in [5, 5.41) is 19.6. The lowest BCUT2D eigenvalue weighted by molar-refractivity contribution is -0.385. The summed E-state index contributed by atoms with van der Waals surface area (Å²) < 4.78 is 42.8. The topological polar surface area (TPSA) is 89.7 Å². The van der Waals surface area contributed by atoms with Crippen LogP contribution in [0.5, 0.6) is 5.75 Å². The number of carboxylic acids is 1. The van der Waals surface area contributed by atoms with Gasteiger partial charge in [0.25, 0.3) is 0 Å². The smallest absolute Gasteiger partial charge is 0.402 e. The molecule has 0 amide bonds. The van der Waals surface area contributed by atoms with Crippen LogP contribution >= 0.6 is 0 Å². The molecule has 0 aliphatic rings. The molecule has 0 fully saturated rings. The first-order valence-corrected chi connectivity index (χ1v) is 6.19. The Morgan fingerprint density at radius 1 is 1.45 bits per heavy atom. The SMILES string of the molecule is COc1ccc(C(C)CC(C(=O)O)C(F)(F)F)cc1[N+](=O)[O-]. The third-order valence-electron chi connectivity index (χ3n) is 3.25. The van der Waals surface area contributed by atoms with Gasteiger partial charge in [0, 0.05) is 6.07 Å². The Morgan fingerprint density at radius 3 is 2.45 bits per heavy atom. The van der Waals surface area contributed by atoms with Crippen LogP contribution in [0.1, 0.15) is 24.8 Å². The molecule has 2 atom stereocenters. The van der Waals surface area contributed by atoms with Gasteiger partial charge in [-0.25, -0.2) is 0 Å². The summed E-state index contributed by atoms with van der Waals surface area (Å²) in [5.74, 6) is -5.34. The molecule has 0 aliphatic carbocycles. The van der Waals surface area contributed by atoms with Crippen LogP contribution in [0.2, 0.25) is 0 Å². The van der Waals surface area contributed by atoms with Crippen molar-refractivity contribution in [1.29, 1.82) is 0 Å². The molecule has 122 valence electrons. The number of hydrogen-bond donors (Lipinski definition) is 1. The predicted molar refractivity (Wildman–Crippen MR) is 69.9 cm³/mol. The lowest BCUT2D eigenvalue weighted by Gasteiger charge is -2.20. The van der Waals surface area contributed by atoms with Crippen molar-refractivity contribution in [3.63, 3.8) is 0 Å². The maximum Gasteiger partial charge on any atom is 0.402 e. The highest BCUT2D eigenvalue weighted by molar-refractivity contribution is 5.71. The Bertz CT molecular complexity index is 573. The fraction of sp³-hybridized carbons (Fsp3) is 0.462. The average Bonchev–Trinajstić information content (AvgIpc) is 2.41. The molecule has 1 aromatic carbocycles. The first-order valence-electron chi connectivity index (χ1n) is 6.19. The van der Waals surface area contributed by atoms with Crippen LogP contribution in [-0.4, -0.2) is 29.3 Å². The number of hydrogen-bond acceptors (Lipinski definition) is 4. The van der Waals surface area contributed by atoms with Crippen molar-refractivity contribution in [1.82, 2.24) is 0 Å². The molecule has 0 radical (unpaired) electrons. The molecule has 6 nitrogen and oxygen atoms in total. The monoisotopic (exact) mass is 321 g/mol. The van der Waals surface area contributed by atoms with Gasteiger partial charge in [-0.3, -0.25) is 14.9 Å². The van der Waals surface area contributed by atoms with E-state index in [-0.39, 0.29) is 17.0 Å². The Morgan fingerprint density at radius 2 is 2.05 bits per heavy atom. The number of nitro benzene ring substituents is 1. The first-order chi connectivity index (χ1) is 10.1. The highest BCUT2D eigenvalue weighted by atomic mass is 19.4. The minimum atomic E-state index is -4.88. The standard InChI is InChI=1S/C13H14F3NO5/c1-7(5-9(12(18)19)13(14,15)16)8-3-4-11(22-2)10(6-8)17(20)21/h3-4,6-7,9H,5H2,1-2H3,(H,18,19). The van der Waals surface area contributed by atoms with Crippen molar-refractivity contribution in [3.8, 4) is 5.75 Å². The summed E-state index contributed by atoms with van der Waals surface area (Å²) in [6.45, 7) is 1.38. The summed E-state index contributed by atoms with van der Waals surface area (Å²) >= 11 is 0. The summed E-state index contributed by atoms with van der Waals surface area (Å²) in [6, 6.07) is 3.75. The highest BCUT2D eigenvalue weighted by Crippen LogP contribution is 2.37. The Balaban J connectivity index is 3.07. The number of alkyl halides is 3. The number of carboxylic acid groups (broad SMARTS) is 1. The van der Waals surface area contributed by atoms with Gasteiger partial charge in [-0.05, 0) is 24.0 Å². The van der Waals surface area contributed by atoms with Crippen molar-refractivity contribution >= 4 is 11.7 Å². The molecule has 0 heterocycles. The van der Waals surface area contributed by atoms with Crippen LogP contribution in [-0.2, 0) is 4.79 Å². The number of aliphatic carboxylic acids is 1. The van der Waals surface area contributed by atoms with E-state index in [0.717, 1.165) is 6.07 Å². The number of methoxy groups -OCH3 is 1. The number of rotatable bonds is 6. The summed E-state index contributed by atoms with van der Waals surface area (Å²) in [6.07, 6.45) is -5.58. The molecular weight excluding hydrogens is 307 g/mol. The molecule has 0 spiro atoms. The van der Waals surface area contributed by atoms with Crippen LogP contribution < -0.4 is 4.74 Å². The maximum absolute atomic E-state index is 12.7. The molecule has 9 heteroatoms. The highest BCUT2D eigenvalue weighted by Gasteiger charge is 2.45. The van der Waals surface area contributed by atoms with Crippen LogP contribution in [0.15, 0.2) is 18.2 Å². The second kappa shape index (κ2) is 6.63. The van der Waals surface area contributed by atoms with Gasteiger partial charge in [0.05, 0.1) is 12.0 Å². The van der Waals surface area contributed by atoms with E-state index in [0.29, 0.717) is 0 Å². The van der Waals surface area contributed by atoms with Gasteiger partial charge in [-0.2, -0.15) is 13.2 Å². The van der Waals surface area contributed by atoms with E-state index in [1.807, 2.05) is 0 Å². The van der Waals surface area contributed by atoms with Crippen LogP contribution in [0.25, 0.3) is 0 Å². The fourth-order valence-corrected chi connectivity index (χ4v) is 2.02.